The number of carbonyl (C=O) groups excluding carboxylic acids is 2. The monoisotopic (exact) mass is 545 g/mol. The van der Waals surface area contributed by atoms with E-state index in [0.29, 0.717) is 41.6 Å². The first-order valence-electron chi connectivity index (χ1n) is 12.8. The molecule has 2 heterocycles. The number of nitrogens with one attached hydrogen (secondary N) is 2. The van der Waals surface area contributed by atoms with E-state index in [1.807, 2.05) is 74.6 Å². The van der Waals surface area contributed by atoms with Crippen molar-refractivity contribution in [3.8, 4) is 5.75 Å². The molecule has 2 amide bonds. The van der Waals surface area contributed by atoms with Gasteiger partial charge in [-0.1, -0.05) is 23.7 Å². The molecule has 0 bridgehead atoms. The molecule has 0 spiro atoms. The third-order valence-electron chi connectivity index (χ3n) is 6.99. The summed E-state index contributed by atoms with van der Waals surface area (Å²) < 4.78 is 5.96. The lowest BCUT2D eigenvalue weighted by atomic mass is 9.99. The van der Waals surface area contributed by atoms with E-state index in [-0.39, 0.29) is 11.8 Å². The highest BCUT2D eigenvalue weighted by Gasteiger charge is 2.29. The smallest absolute Gasteiger partial charge is 0.258 e. The molecule has 39 heavy (non-hydrogen) atoms. The summed E-state index contributed by atoms with van der Waals surface area (Å²) in [7, 11) is 7.71. The Morgan fingerprint density at radius 3 is 2.59 bits per heavy atom. The number of ether oxygens (including phenoxy) is 1. The Kier molecular flexibility index (Phi) is 7.50. The van der Waals surface area contributed by atoms with E-state index >= 15 is 0 Å². The molecule has 5 rings (SSSR count). The molecule has 0 fully saturated rings. The molecule has 9 heteroatoms. The van der Waals surface area contributed by atoms with Gasteiger partial charge in [0.25, 0.3) is 5.91 Å². The number of carbonyl (C=O) groups is 2. The number of hydrogen-bond acceptors (Lipinski definition) is 6. The average molecular weight is 546 g/mol. The standard InChI is InChI=1S/C30H32ClN5O3/c1-34(2)14-13-27(37)36(4)22-9-7-21(8-10-22)32-29(19-5-12-25-26(17-19)39-16-15-35(25)3)28-23-11-6-20(31)18-24(23)33-30(28)38/h5-12,17-18,32H,13-16H2,1-4H3,(H,33,38)/b29-28-. The highest BCUT2D eigenvalue weighted by Crippen LogP contribution is 2.41. The Morgan fingerprint density at radius 1 is 1.08 bits per heavy atom. The van der Waals surface area contributed by atoms with Gasteiger partial charge >= 0.3 is 0 Å². The lowest BCUT2D eigenvalue weighted by Gasteiger charge is -2.28. The average Bonchev–Trinajstić information content (AvgIpc) is 3.24. The van der Waals surface area contributed by atoms with Gasteiger partial charge in [-0.05, 0) is 62.6 Å². The van der Waals surface area contributed by atoms with E-state index in [2.05, 4.69) is 15.5 Å². The van der Waals surface area contributed by atoms with Crippen LogP contribution in [0.1, 0.15) is 17.5 Å². The molecule has 0 saturated carbocycles. The maximum atomic E-state index is 13.3. The topological polar surface area (TPSA) is 77.2 Å². The molecule has 2 aliphatic heterocycles. The minimum Gasteiger partial charge on any atom is -0.490 e. The molecule has 2 aliphatic rings. The largest absolute Gasteiger partial charge is 0.490 e. The van der Waals surface area contributed by atoms with Gasteiger partial charge in [0.1, 0.15) is 12.4 Å². The van der Waals surface area contributed by atoms with Crippen LogP contribution in [0, 0.1) is 0 Å². The van der Waals surface area contributed by atoms with Crippen molar-refractivity contribution in [3.63, 3.8) is 0 Å². The van der Waals surface area contributed by atoms with Crippen molar-refractivity contribution < 1.29 is 14.3 Å². The molecule has 2 N–H and O–H groups in total. The summed E-state index contributed by atoms with van der Waals surface area (Å²) in [5.74, 6) is 0.599. The number of likely N-dealkylation sites (N-methyl/N-ethyl adjacent to an activating group) is 1. The van der Waals surface area contributed by atoms with Crippen LogP contribution in [0.3, 0.4) is 0 Å². The fourth-order valence-corrected chi connectivity index (χ4v) is 4.90. The highest BCUT2D eigenvalue weighted by atomic mass is 35.5. The van der Waals surface area contributed by atoms with Gasteiger partial charge in [0.15, 0.2) is 0 Å². The van der Waals surface area contributed by atoms with Crippen LogP contribution in [0.25, 0.3) is 11.3 Å². The van der Waals surface area contributed by atoms with E-state index in [1.165, 1.54) is 0 Å². The van der Waals surface area contributed by atoms with Crippen LogP contribution >= 0.6 is 11.6 Å². The second-order valence-corrected chi connectivity index (χ2v) is 10.5. The first-order chi connectivity index (χ1) is 18.7. The lowest BCUT2D eigenvalue weighted by Crippen LogP contribution is -2.29. The SMILES string of the molecule is CN(C)CCC(=O)N(C)c1ccc(N/C(=C2\C(=O)Nc3cc(Cl)ccc32)c2ccc3c(c2)OCCN3C)cc1. The third-order valence-corrected chi connectivity index (χ3v) is 7.23. The van der Waals surface area contributed by atoms with Gasteiger partial charge in [0.2, 0.25) is 5.91 Å². The molecular formula is C30H32ClN5O3. The predicted molar refractivity (Wildman–Crippen MR) is 159 cm³/mol. The number of hydrogen-bond donors (Lipinski definition) is 2. The quantitative estimate of drug-likeness (QED) is 0.406. The Morgan fingerprint density at radius 2 is 1.85 bits per heavy atom. The summed E-state index contributed by atoms with van der Waals surface area (Å²) in [6.07, 6.45) is 0.438. The molecule has 0 atom stereocenters. The predicted octanol–water partition coefficient (Wildman–Crippen LogP) is 5.02. The molecule has 3 aromatic carbocycles. The van der Waals surface area contributed by atoms with Crippen molar-refractivity contribution in [1.82, 2.24) is 4.90 Å². The van der Waals surface area contributed by atoms with E-state index in [4.69, 9.17) is 16.3 Å². The Labute approximate surface area is 233 Å². The van der Waals surface area contributed by atoms with Crippen LogP contribution in [0.4, 0.5) is 22.7 Å². The molecule has 0 saturated heterocycles. The summed E-state index contributed by atoms with van der Waals surface area (Å²) in [4.78, 5) is 31.7. The highest BCUT2D eigenvalue weighted by molar-refractivity contribution is 6.38. The molecule has 0 radical (unpaired) electrons. The minimum absolute atomic E-state index is 0.0455. The van der Waals surface area contributed by atoms with Crippen molar-refractivity contribution in [2.75, 3.05) is 68.3 Å². The van der Waals surface area contributed by atoms with Crippen molar-refractivity contribution in [3.05, 3.63) is 76.8 Å². The third kappa shape index (κ3) is 5.57. The molecular weight excluding hydrogens is 514 g/mol. The number of halogens is 1. The zero-order valence-electron chi connectivity index (χ0n) is 22.5. The zero-order chi connectivity index (χ0) is 27.7. The number of nitrogens with zero attached hydrogens (tertiary/aromatic N) is 3. The van der Waals surface area contributed by atoms with Gasteiger partial charge in [0.05, 0.1) is 29.2 Å². The van der Waals surface area contributed by atoms with Gasteiger partial charge in [-0.15, -0.1) is 0 Å². The molecule has 8 nitrogen and oxygen atoms in total. The molecule has 3 aromatic rings. The van der Waals surface area contributed by atoms with Crippen molar-refractivity contribution in [2.45, 2.75) is 6.42 Å². The van der Waals surface area contributed by atoms with Gasteiger partial charge in [-0.3, -0.25) is 9.59 Å². The van der Waals surface area contributed by atoms with Crippen LogP contribution in [-0.4, -0.2) is 64.6 Å². The van der Waals surface area contributed by atoms with Crippen molar-refractivity contribution in [1.29, 1.82) is 0 Å². The van der Waals surface area contributed by atoms with Crippen LogP contribution in [0.15, 0.2) is 60.7 Å². The molecule has 0 unspecified atom stereocenters. The summed E-state index contributed by atoms with van der Waals surface area (Å²) >= 11 is 6.20. The second kappa shape index (κ2) is 11.0. The van der Waals surface area contributed by atoms with Crippen molar-refractivity contribution >= 4 is 57.4 Å². The maximum absolute atomic E-state index is 13.3. The Hall–Kier alpha value is -4.01. The van der Waals surface area contributed by atoms with E-state index < -0.39 is 0 Å². The van der Waals surface area contributed by atoms with Gasteiger partial charge < -0.3 is 30.1 Å². The van der Waals surface area contributed by atoms with E-state index in [9.17, 15) is 9.59 Å². The Balaban J connectivity index is 1.51. The second-order valence-electron chi connectivity index (χ2n) is 10.0. The van der Waals surface area contributed by atoms with Gasteiger partial charge in [0, 0.05) is 54.6 Å². The summed E-state index contributed by atoms with van der Waals surface area (Å²) in [5.41, 5.74) is 6.00. The molecule has 202 valence electrons. The van der Waals surface area contributed by atoms with Crippen LogP contribution < -0.4 is 25.2 Å². The van der Waals surface area contributed by atoms with Gasteiger partial charge in [-0.2, -0.15) is 0 Å². The van der Waals surface area contributed by atoms with Crippen LogP contribution in [0.5, 0.6) is 5.75 Å². The van der Waals surface area contributed by atoms with E-state index in [1.54, 1.807) is 24.1 Å². The first-order valence-corrected chi connectivity index (χ1v) is 13.2. The fourth-order valence-electron chi connectivity index (χ4n) is 4.73. The molecule has 0 aromatic heterocycles. The summed E-state index contributed by atoms with van der Waals surface area (Å²) in [6.45, 7) is 2.10. The zero-order valence-corrected chi connectivity index (χ0v) is 23.3. The Bertz CT molecular complexity index is 1450. The van der Waals surface area contributed by atoms with Crippen molar-refractivity contribution in [2.24, 2.45) is 0 Å². The minimum atomic E-state index is -0.214. The fraction of sp³-hybridized carbons (Fsp3) is 0.267. The summed E-state index contributed by atoms with van der Waals surface area (Å²) in [6, 6.07) is 19.0. The first kappa shape index (κ1) is 26.6. The number of amides is 2. The molecule has 0 aliphatic carbocycles. The number of rotatable bonds is 7. The van der Waals surface area contributed by atoms with Crippen LogP contribution in [-0.2, 0) is 9.59 Å². The summed E-state index contributed by atoms with van der Waals surface area (Å²) in [5, 5.41) is 6.98. The normalized spacial score (nSPS) is 15.3. The lowest BCUT2D eigenvalue weighted by molar-refractivity contribution is -0.118. The number of benzene rings is 3. The van der Waals surface area contributed by atoms with E-state index in [0.717, 1.165) is 40.5 Å². The maximum Gasteiger partial charge on any atom is 0.258 e. The van der Waals surface area contributed by atoms with Gasteiger partial charge in [-0.25, -0.2) is 0 Å². The number of anilines is 4. The number of fused-ring (bicyclic) bond motifs is 2. The van der Waals surface area contributed by atoms with Crippen LogP contribution in [0.2, 0.25) is 5.02 Å².